The molecular formula is C26H28N6OS. The van der Waals surface area contributed by atoms with Crippen LogP contribution in [0, 0.1) is 6.92 Å². The number of nitrogens with zero attached hydrogens (tertiary/aromatic N) is 5. The number of pyridine rings is 1. The molecule has 0 radical (unpaired) electrons. The Hall–Kier alpha value is -3.10. The summed E-state index contributed by atoms with van der Waals surface area (Å²) >= 11 is 1.67. The van der Waals surface area contributed by atoms with Gasteiger partial charge in [0.15, 0.2) is 0 Å². The van der Waals surface area contributed by atoms with Gasteiger partial charge in [-0.05, 0) is 31.2 Å². The highest BCUT2D eigenvalue weighted by atomic mass is 32.1. The van der Waals surface area contributed by atoms with Gasteiger partial charge in [0.2, 0.25) is 5.91 Å². The lowest BCUT2D eigenvalue weighted by Gasteiger charge is -2.32. The number of rotatable bonds is 3. The monoisotopic (exact) mass is 472 g/mol. The first kappa shape index (κ1) is 21.4. The predicted octanol–water partition coefficient (Wildman–Crippen LogP) is 4.36. The van der Waals surface area contributed by atoms with Gasteiger partial charge in [-0.2, -0.15) is 5.10 Å². The van der Waals surface area contributed by atoms with E-state index in [0.717, 1.165) is 83.1 Å². The van der Waals surface area contributed by atoms with Gasteiger partial charge in [-0.3, -0.25) is 14.5 Å². The number of piperidine rings is 1. The number of carbonyl (C=O) groups excluding carboxylic acids is 1. The van der Waals surface area contributed by atoms with E-state index in [2.05, 4.69) is 39.2 Å². The van der Waals surface area contributed by atoms with Crippen molar-refractivity contribution < 1.29 is 4.79 Å². The minimum Gasteiger partial charge on any atom is -0.343 e. The molecule has 0 unspecified atom stereocenters. The van der Waals surface area contributed by atoms with E-state index in [1.165, 1.54) is 11.3 Å². The van der Waals surface area contributed by atoms with Crippen molar-refractivity contribution in [2.75, 3.05) is 19.6 Å². The molecular weight excluding hydrogens is 444 g/mol. The van der Waals surface area contributed by atoms with Gasteiger partial charge >= 0.3 is 0 Å². The summed E-state index contributed by atoms with van der Waals surface area (Å²) in [7, 11) is 0. The maximum atomic E-state index is 11.8. The molecule has 4 aromatic rings. The Kier molecular flexibility index (Phi) is 5.42. The number of aromatic nitrogens is 4. The molecule has 1 fully saturated rings. The van der Waals surface area contributed by atoms with Crippen LogP contribution in [0.5, 0.6) is 0 Å². The number of aryl methyl sites for hydroxylation is 1. The van der Waals surface area contributed by atoms with Gasteiger partial charge in [0.25, 0.3) is 0 Å². The Balaban J connectivity index is 1.41. The Morgan fingerprint density at radius 3 is 2.79 bits per heavy atom. The molecule has 1 N–H and O–H groups in total. The van der Waals surface area contributed by atoms with Gasteiger partial charge in [-0.15, -0.1) is 11.3 Å². The summed E-state index contributed by atoms with van der Waals surface area (Å²) in [6.07, 6.45) is 6.78. The number of hydrogen-bond donors (Lipinski definition) is 1. The number of carbonyl (C=O) groups is 1. The third kappa shape index (κ3) is 3.71. The number of thiazole rings is 1. The second-order valence-corrected chi connectivity index (χ2v) is 10.5. The average Bonchev–Trinajstić information content (AvgIpc) is 3.47. The molecule has 2 aliphatic heterocycles. The number of amides is 1. The van der Waals surface area contributed by atoms with Crippen LogP contribution in [0.4, 0.5) is 0 Å². The van der Waals surface area contributed by atoms with Crippen LogP contribution in [0.3, 0.4) is 0 Å². The SMILES string of the molecule is CC(=O)N1CCC(n2nc(-c3cccc4cc(-c5cnc(C)s5)ncc34)c3c2CCNC3)CC1. The van der Waals surface area contributed by atoms with Crippen molar-refractivity contribution in [2.24, 2.45) is 0 Å². The Bertz CT molecular complexity index is 1380. The van der Waals surface area contributed by atoms with E-state index < -0.39 is 0 Å². The summed E-state index contributed by atoms with van der Waals surface area (Å²) in [5.41, 5.74) is 5.80. The van der Waals surface area contributed by atoms with Crippen LogP contribution < -0.4 is 5.32 Å². The maximum Gasteiger partial charge on any atom is 0.219 e. The van der Waals surface area contributed by atoms with Crippen molar-refractivity contribution in [2.45, 2.75) is 45.7 Å². The van der Waals surface area contributed by atoms with E-state index in [9.17, 15) is 4.79 Å². The van der Waals surface area contributed by atoms with Gasteiger partial charge < -0.3 is 10.2 Å². The third-order valence-electron chi connectivity index (χ3n) is 7.11. The molecule has 34 heavy (non-hydrogen) atoms. The smallest absolute Gasteiger partial charge is 0.219 e. The zero-order valence-corrected chi connectivity index (χ0v) is 20.4. The summed E-state index contributed by atoms with van der Waals surface area (Å²) < 4.78 is 2.28. The largest absolute Gasteiger partial charge is 0.343 e. The molecule has 0 aliphatic carbocycles. The van der Waals surface area contributed by atoms with E-state index in [1.54, 1.807) is 18.3 Å². The Morgan fingerprint density at radius 2 is 2.03 bits per heavy atom. The lowest BCUT2D eigenvalue weighted by Crippen LogP contribution is -2.38. The lowest BCUT2D eigenvalue weighted by molar-refractivity contribution is -0.130. The summed E-state index contributed by atoms with van der Waals surface area (Å²) in [5, 5.41) is 12.1. The summed E-state index contributed by atoms with van der Waals surface area (Å²) in [6, 6.07) is 8.93. The fourth-order valence-electron chi connectivity index (χ4n) is 5.31. The Morgan fingerprint density at radius 1 is 1.18 bits per heavy atom. The molecule has 0 spiro atoms. The first-order valence-corrected chi connectivity index (χ1v) is 12.8. The highest BCUT2D eigenvalue weighted by molar-refractivity contribution is 7.15. The molecule has 0 atom stereocenters. The van der Waals surface area contributed by atoms with Gasteiger partial charge in [0.1, 0.15) is 0 Å². The molecule has 1 saturated heterocycles. The fourth-order valence-corrected chi connectivity index (χ4v) is 6.06. The van der Waals surface area contributed by atoms with E-state index >= 15 is 0 Å². The second-order valence-electron chi connectivity index (χ2n) is 9.22. The summed E-state index contributed by atoms with van der Waals surface area (Å²) in [5.74, 6) is 0.168. The first-order chi connectivity index (χ1) is 16.6. The summed E-state index contributed by atoms with van der Waals surface area (Å²) in [4.78, 5) is 24.0. The van der Waals surface area contributed by atoms with Crippen molar-refractivity contribution in [3.63, 3.8) is 0 Å². The molecule has 3 aromatic heterocycles. The molecule has 0 saturated carbocycles. The molecule has 0 bridgehead atoms. The van der Waals surface area contributed by atoms with Crippen LogP contribution in [-0.4, -0.2) is 50.2 Å². The van der Waals surface area contributed by atoms with Crippen LogP contribution in [0.1, 0.15) is 42.1 Å². The van der Waals surface area contributed by atoms with E-state index in [4.69, 9.17) is 10.1 Å². The van der Waals surface area contributed by atoms with Gasteiger partial charge in [-0.25, -0.2) is 4.98 Å². The van der Waals surface area contributed by atoms with Crippen molar-refractivity contribution in [1.82, 2.24) is 30.0 Å². The van der Waals surface area contributed by atoms with Crippen LogP contribution >= 0.6 is 11.3 Å². The van der Waals surface area contributed by atoms with Crippen LogP contribution in [-0.2, 0) is 17.8 Å². The fraction of sp³-hybridized carbons (Fsp3) is 0.385. The van der Waals surface area contributed by atoms with E-state index in [-0.39, 0.29) is 5.91 Å². The quantitative estimate of drug-likeness (QED) is 0.480. The number of fused-ring (bicyclic) bond motifs is 2. The Labute approximate surface area is 202 Å². The molecule has 1 aromatic carbocycles. The van der Waals surface area contributed by atoms with Crippen molar-refractivity contribution in [3.8, 4) is 21.8 Å². The van der Waals surface area contributed by atoms with Crippen LogP contribution in [0.25, 0.3) is 32.6 Å². The van der Waals surface area contributed by atoms with E-state index in [1.807, 2.05) is 24.2 Å². The predicted molar refractivity (Wildman–Crippen MR) is 135 cm³/mol. The minimum atomic E-state index is 0.168. The first-order valence-electron chi connectivity index (χ1n) is 12.0. The molecule has 8 heteroatoms. The zero-order valence-electron chi connectivity index (χ0n) is 19.5. The molecule has 1 amide bonds. The standard InChI is InChI=1S/C26H28N6OS/c1-16-28-15-25(34-16)23-12-18-4-3-5-20(21(18)14-29-23)26-22-13-27-9-6-24(22)32(30-26)19-7-10-31(11-8-19)17(2)33/h3-5,12,14-15,19,27H,6-11,13H2,1-2H3. The molecule has 2 aliphatic rings. The lowest BCUT2D eigenvalue weighted by atomic mass is 9.97. The number of nitrogens with one attached hydrogen (secondary N) is 1. The van der Waals surface area contributed by atoms with Gasteiger partial charge in [0.05, 0.1) is 27.3 Å². The number of likely N-dealkylation sites (tertiary alicyclic amines) is 1. The van der Waals surface area contributed by atoms with Gasteiger partial charge in [0, 0.05) is 74.1 Å². The molecule has 174 valence electrons. The molecule has 5 heterocycles. The highest BCUT2D eigenvalue weighted by Crippen LogP contribution is 2.37. The van der Waals surface area contributed by atoms with Crippen LogP contribution in [0.2, 0.25) is 0 Å². The zero-order chi connectivity index (χ0) is 23.2. The summed E-state index contributed by atoms with van der Waals surface area (Å²) in [6.45, 7) is 7.10. The normalized spacial score (nSPS) is 16.7. The second kappa shape index (κ2) is 8.60. The third-order valence-corrected chi connectivity index (χ3v) is 8.04. The number of benzene rings is 1. The van der Waals surface area contributed by atoms with Crippen molar-refractivity contribution in [1.29, 1.82) is 0 Å². The molecule has 6 rings (SSSR count). The minimum absolute atomic E-state index is 0.168. The maximum absolute atomic E-state index is 11.8. The average molecular weight is 473 g/mol. The van der Waals surface area contributed by atoms with Crippen molar-refractivity contribution >= 4 is 28.0 Å². The van der Waals surface area contributed by atoms with Gasteiger partial charge in [-0.1, -0.05) is 18.2 Å². The van der Waals surface area contributed by atoms with Crippen molar-refractivity contribution in [3.05, 3.63) is 52.9 Å². The molecule has 7 nitrogen and oxygen atoms in total. The van der Waals surface area contributed by atoms with Crippen LogP contribution in [0.15, 0.2) is 36.7 Å². The topological polar surface area (TPSA) is 75.9 Å². The highest BCUT2D eigenvalue weighted by Gasteiger charge is 2.29. The van der Waals surface area contributed by atoms with E-state index in [0.29, 0.717) is 6.04 Å². The number of hydrogen-bond acceptors (Lipinski definition) is 6.